The molecule has 0 spiro atoms. The van der Waals surface area contributed by atoms with Crippen LogP contribution in [-0.4, -0.2) is 40.3 Å². The van der Waals surface area contributed by atoms with Crippen LogP contribution in [0, 0.1) is 13.8 Å². The molecule has 2 heterocycles. The lowest BCUT2D eigenvalue weighted by Gasteiger charge is -2.24. The van der Waals surface area contributed by atoms with Crippen LogP contribution in [-0.2, 0) is 9.59 Å². The first-order valence-corrected chi connectivity index (χ1v) is 9.82. The number of aromatic nitrogens is 3. The highest BCUT2D eigenvalue weighted by molar-refractivity contribution is 5.93. The largest absolute Gasteiger partial charge is 0.493 e. The molecule has 9 nitrogen and oxygen atoms in total. The standard InChI is InChI=1S/C22H23N5O4/c1-13-5-4-6-16(14(13)2)25-21(29)11-31-18-8-7-15(9-19(18)30-3)17-10-20(28)26-22-23-12-24-27(17)22/h4-9,12,17H,10-11H2,1-3H3,(H,25,29)(H,23,24,26,28)/t17-/m0/s1. The monoisotopic (exact) mass is 421 g/mol. The lowest BCUT2D eigenvalue weighted by Crippen LogP contribution is -2.29. The van der Waals surface area contributed by atoms with E-state index in [2.05, 4.69) is 20.7 Å². The number of ether oxygens (including phenoxy) is 2. The first-order chi connectivity index (χ1) is 15.0. The Morgan fingerprint density at radius 2 is 2.10 bits per heavy atom. The number of anilines is 2. The number of carbonyl (C=O) groups excluding carboxylic acids is 2. The molecule has 1 atom stereocenters. The molecule has 4 rings (SSSR count). The molecule has 9 heteroatoms. The second kappa shape index (κ2) is 8.47. The molecular formula is C22H23N5O4. The first kappa shape index (κ1) is 20.4. The lowest BCUT2D eigenvalue weighted by atomic mass is 10.0. The van der Waals surface area contributed by atoms with Gasteiger partial charge in [-0.1, -0.05) is 18.2 Å². The van der Waals surface area contributed by atoms with Crippen molar-refractivity contribution < 1.29 is 19.1 Å². The summed E-state index contributed by atoms with van der Waals surface area (Å²) in [4.78, 5) is 28.4. The number of rotatable bonds is 6. The molecule has 3 aromatic rings. The van der Waals surface area contributed by atoms with Gasteiger partial charge in [-0.15, -0.1) is 0 Å². The van der Waals surface area contributed by atoms with Crippen LogP contribution in [0.4, 0.5) is 11.6 Å². The molecule has 31 heavy (non-hydrogen) atoms. The zero-order valence-corrected chi connectivity index (χ0v) is 17.5. The Balaban J connectivity index is 1.47. The minimum Gasteiger partial charge on any atom is -0.493 e. The zero-order valence-electron chi connectivity index (χ0n) is 17.5. The summed E-state index contributed by atoms with van der Waals surface area (Å²) in [5, 5.41) is 9.76. The number of hydrogen-bond donors (Lipinski definition) is 2. The third-order valence-corrected chi connectivity index (χ3v) is 5.31. The number of aryl methyl sites for hydroxylation is 1. The van der Waals surface area contributed by atoms with Crippen molar-refractivity contribution in [3.05, 3.63) is 59.4 Å². The van der Waals surface area contributed by atoms with Gasteiger partial charge in [0.2, 0.25) is 11.9 Å². The molecule has 0 saturated carbocycles. The number of hydrogen-bond acceptors (Lipinski definition) is 6. The number of nitrogens with one attached hydrogen (secondary N) is 2. The fourth-order valence-electron chi connectivity index (χ4n) is 3.49. The molecule has 2 amide bonds. The normalized spacial score (nSPS) is 15.1. The summed E-state index contributed by atoms with van der Waals surface area (Å²) in [7, 11) is 1.52. The summed E-state index contributed by atoms with van der Waals surface area (Å²) in [6, 6.07) is 10.8. The molecule has 2 N–H and O–H groups in total. The average molecular weight is 421 g/mol. The number of fused-ring (bicyclic) bond motifs is 1. The van der Waals surface area contributed by atoms with Gasteiger partial charge in [-0.05, 0) is 48.7 Å². The van der Waals surface area contributed by atoms with E-state index >= 15 is 0 Å². The molecule has 1 aliphatic rings. The molecular weight excluding hydrogens is 398 g/mol. The van der Waals surface area contributed by atoms with Crippen LogP contribution in [0.5, 0.6) is 11.5 Å². The maximum Gasteiger partial charge on any atom is 0.262 e. The van der Waals surface area contributed by atoms with Gasteiger partial charge in [0.25, 0.3) is 5.91 Å². The molecule has 1 aromatic heterocycles. The van der Waals surface area contributed by atoms with E-state index in [4.69, 9.17) is 9.47 Å². The van der Waals surface area contributed by atoms with Crippen molar-refractivity contribution >= 4 is 23.5 Å². The quantitative estimate of drug-likeness (QED) is 0.634. The van der Waals surface area contributed by atoms with Gasteiger partial charge >= 0.3 is 0 Å². The summed E-state index contributed by atoms with van der Waals surface area (Å²) in [5.41, 5.74) is 3.70. The van der Waals surface area contributed by atoms with Gasteiger partial charge in [-0.3, -0.25) is 14.9 Å². The lowest BCUT2D eigenvalue weighted by molar-refractivity contribution is -0.118. The summed E-state index contributed by atoms with van der Waals surface area (Å²) in [6.07, 6.45) is 1.63. The van der Waals surface area contributed by atoms with Crippen LogP contribution in [0.1, 0.15) is 29.2 Å². The van der Waals surface area contributed by atoms with Crippen molar-refractivity contribution in [2.24, 2.45) is 0 Å². The Bertz CT molecular complexity index is 1140. The van der Waals surface area contributed by atoms with Crippen molar-refractivity contribution in [2.75, 3.05) is 24.4 Å². The van der Waals surface area contributed by atoms with Gasteiger partial charge in [-0.2, -0.15) is 10.1 Å². The van der Waals surface area contributed by atoms with Crippen LogP contribution in [0.15, 0.2) is 42.7 Å². The Morgan fingerprint density at radius 3 is 2.90 bits per heavy atom. The predicted octanol–water partition coefficient (Wildman–Crippen LogP) is 2.85. The number of amides is 2. The van der Waals surface area contributed by atoms with Gasteiger partial charge in [0, 0.05) is 5.69 Å². The second-order valence-electron chi connectivity index (χ2n) is 7.29. The molecule has 0 unspecified atom stereocenters. The van der Waals surface area contributed by atoms with Crippen LogP contribution >= 0.6 is 0 Å². The molecule has 1 aliphatic heterocycles. The van der Waals surface area contributed by atoms with E-state index < -0.39 is 0 Å². The summed E-state index contributed by atoms with van der Waals surface area (Å²) in [6.45, 7) is 3.79. The van der Waals surface area contributed by atoms with Crippen molar-refractivity contribution in [2.45, 2.75) is 26.3 Å². The maximum atomic E-state index is 12.4. The molecule has 0 radical (unpaired) electrons. The predicted molar refractivity (Wildman–Crippen MR) is 114 cm³/mol. The topological polar surface area (TPSA) is 107 Å². The van der Waals surface area contributed by atoms with E-state index in [0.717, 1.165) is 22.4 Å². The first-order valence-electron chi connectivity index (χ1n) is 9.82. The van der Waals surface area contributed by atoms with E-state index in [1.165, 1.54) is 13.4 Å². The highest BCUT2D eigenvalue weighted by Crippen LogP contribution is 2.35. The van der Waals surface area contributed by atoms with E-state index in [-0.39, 0.29) is 30.9 Å². The molecule has 0 bridgehead atoms. The highest BCUT2D eigenvalue weighted by Gasteiger charge is 2.28. The molecule has 160 valence electrons. The van der Waals surface area contributed by atoms with Gasteiger partial charge in [0.15, 0.2) is 18.1 Å². The number of benzene rings is 2. The van der Waals surface area contributed by atoms with Crippen LogP contribution in [0.3, 0.4) is 0 Å². The van der Waals surface area contributed by atoms with E-state index in [9.17, 15) is 9.59 Å². The van der Waals surface area contributed by atoms with Gasteiger partial charge < -0.3 is 14.8 Å². The minimum absolute atomic E-state index is 0.132. The van der Waals surface area contributed by atoms with Crippen molar-refractivity contribution in [3.63, 3.8) is 0 Å². The smallest absolute Gasteiger partial charge is 0.262 e. The van der Waals surface area contributed by atoms with E-state index in [1.54, 1.807) is 16.8 Å². The Labute approximate surface area is 179 Å². The summed E-state index contributed by atoms with van der Waals surface area (Å²) >= 11 is 0. The zero-order chi connectivity index (χ0) is 22.0. The van der Waals surface area contributed by atoms with Crippen LogP contribution < -0.4 is 20.1 Å². The second-order valence-corrected chi connectivity index (χ2v) is 7.29. The average Bonchev–Trinajstić information content (AvgIpc) is 3.23. The van der Waals surface area contributed by atoms with Gasteiger partial charge in [0.1, 0.15) is 6.33 Å². The fourth-order valence-corrected chi connectivity index (χ4v) is 3.49. The van der Waals surface area contributed by atoms with E-state index in [0.29, 0.717) is 17.4 Å². The summed E-state index contributed by atoms with van der Waals surface area (Å²) < 4.78 is 12.8. The van der Waals surface area contributed by atoms with Crippen molar-refractivity contribution in [1.82, 2.24) is 14.8 Å². The number of carbonyl (C=O) groups is 2. The number of methoxy groups -OCH3 is 1. The van der Waals surface area contributed by atoms with Crippen molar-refractivity contribution in [3.8, 4) is 11.5 Å². The van der Waals surface area contributed by atoms with Crippen LogP contribution in [0.25, 0.3) is 0 Å². The van der Waals surface area contributed by atoms with Crippen LogP contribution in [0.2, 0.25) is 0 Å². The Hall–Kier alpha value is -3.88. The molecule has 0 fully saturated rings. The highest BCUT2D eigenvalue weighted by atomic mass is 16.5. The Morgan fingerprint density at radius 1 is 1.26 bits per heavy atom. The molecule has 0 saturated heterocycles. The molecule has 0 aliphatic carbocycles. The maximum absolute atomic E-state index is 12.4. The minimum atomic E-state index is -0.304. The third-order valence-electron chi connectivity index (χ3n) is 5.31. The SMILES string of the molecule is COc1cc([C@@H]2CC(=O)Nc3ncnn32)ccc1OCC(=O)Nc1cccc(C)c1C. The Kier molecular flexibility index (Phi) is 5.57. The third kappa shape index (κ3) is 4.20. The van der Waals surface area contributed by atoms with E-state index in [1.807, 2.05) is 38.1 Å². The molecule has 2 aromatic carbocycles. The number of nitrogens with zero attached hydrogens (tertiary/aromatic N) is 3. The van der Waals surface area contributed by atoms with Gasteiger partial charge in [-0.25, -0.2) is 4.68 Å². The van der Waals surface area contributed by atoms with Crippen molar-refractivity contribution in [1.29, 1.82) is 0 Å². The summed E-state index contributed by atoms with van der Waals surface area (Å²) in [5.74, 6) is 0.902. The van der Waals surface area contributed by atoms with Gasteiger partial charge in [0.05, 0.1) is 19.6 Å². The fraction of sp³-hybridized carbons (Fsp3) is 0.273.